The summed E-state index contributed by atoms with van der Waals surface area (Å²) in [7, 11) is 0. The lowest BCUT2D eigenvalue weighted by molar-refractivity contribution is 0.534. The second-order valence-corrected chi connectivity index (χ2v) is 5.14. The number of nitrogens with two attached hydrogens (primary N) is 1. The molecule has 1 aromatic rings. The van der Waals surface area contributed by atoms with Crippen LogP contribution in [0.25, 0.3) is 0 Å². The Bertz CT molecular complexity index is 423. The molecule has 3 heteroatoms. The predicted octanol–water partition coefficient (Wildman–Crippen LogP) is 1.66. The third-order valence-electron chi connectivity index (χ3n) is 4.01. The fourth-order valence-corrected chi connectivity index (χ4v) is 3.13. The normalized spacial score (nSPS) is 31.1. The molecule has 2 N–H and O–H groups in total. The van der Waals surface area contributed by atoms with Crippen LogP contribution in [0.15, 0.2) is 0 Å². The Hall–Kier alpha value is -1.12. The average Bonchev–Trinajstić information content (AvgIpc) is 2.48. The molecule has 0 amide bonds. The molecule has 0 aromatic carbocycles. The van der Waals surface area contributed by atoms with Gasteiger partial charge >= 0.3 is 0 Å². The maximum absolute atomic E-state index is 5.64. The van der Waals surface area contributed by atoms with E-state index >= 15 is 0 Å². The number of fused-ring (bicyclic) bond motifs is 3. The molecule has 3 rings (SSSR count). The predicted molar refractivity (Wildman–Crippen MR) is 54.9 cm³/mol. The molecule has 1 fully saturated rings. The Morgan fingerprint density at radius 1 is 1.36 bits per heavy atom. The molecule has 2 aliphatic carbocycles. The smallest absolute Gasteiger partial charge is 0.220 e. The second kappa shape index (κ2) is 2.10. The van der Waals surface area contributed by atoms with Crippen LogP contribution < -0.4 is 5.73 Å². The second-order valence-electron chi connectivity index (χ2n) is 5.14. The molecule has 0 bridgehead atoms. The van der Waals surface area contributed by atoms with Crippen LogP contribution in [0.4, 0.5) is 5.95 Å². The molecule has 1 saturated carbocycles. The van der Waals surface area contributed by atoms with Crippen LogP contribution in [-0.4, -0.2) is 9.97 Å². The fourth-order valence-electron chi connectivity index (χ4n) is 3.13. The van der Waals surface area contributed by atoms with E-state index in [4.69, 9.17) is 5.73 Å². The molecule has 74 valence electrons. The summed E-state index contributed by atoms with van der Waals surface area (Å²) in [6.07, 6.45) is 1.10. The SMILES string of the molecule is Cc1nc(N)nc2c1[C@@H]1[C@H](C2)C1(C)C. The van der Waals surface area contributed by atoms with Crippen molar-refractivity contribution in [2.24, 2.45) is 11.3 Å². The Morgan fingerprint density at radius 2 is 2.07 bits per heavy atom. The van der Waals surface area contributed by atoms with Crippen LogP contribution in [0.5, 0.6) is 0 Å². The molecule has 0 aliphatic heterocycles. The summed E-state index contributed by atoms with van der Waals surface area (Å²) in [6.45, 7) is 6.72. The summed E-state index contributed by atoms with van der Waals surface area (Å²) in [5, 5.41) is 0. The number of aryl methyl sites for hydroxylation is 1. The lowest BCUT2D eigenvalue weighted by Gasteiger charge is -2.12. The van der Waals surface area contributed by atoms with Gasteiger partial charge in [-0.1, -0.05) is 13.8 Å². The van der Waals surface area contributed by atoms with Gasteiger partial charge in [0.25, 0.3) is 0 Å². The molecule has 1 aromatic heterocycles. The highest BCUT2D eigenvalue weighted by Gasteiger charge is 2.63. The molecule has 0 radical (unpaired) electrons. The molecule has 14 heavy (non-hydrogen) atoms. The van der Waals surface area contributed by atoms with Crippen molar-refractivity contribution < 1.29 is 0 Å². The number of anilines is 1. The largest absolute Gasteiger partial charge is 0.368 e. The topological polar surface area (TPSA) is 51.8 Å². The third-order valence-corrected chi connectivity index (χ3v) is 4.01. The maximum Gasteiger partial charge on any atom is 0.220 e. The van der Waals surface area contributed by atoms with Gasteiger partial charge in [0.2, 0.25) is 5.95 Å². The van der Waals surface area contributed by atoms with Crippen molar-refractivity contribution >= 4 is 5.95 Å². The van der Waals surface area contributed by atoms with Gasteiger partial charge < -0.3 is 5.73 Å². The average molecular weight is 189 g/mol. The van der Waals surface area contributed by atoms with Gasteiger partial charge in [0.05, 0.1) is 5.69 Å². The quantitative estimate of drug-likeness (QED) is 0.675. The summed E-state index contributed by atoms with van der Waals surface area (Å²) in [4.78, 5) is 8.58. The number of hydrogen-bond acceptors (Lipinski definition) is 3. The van der Waals surface area contributed by atoms with E-state index in [1.54, 1.807) is 0 Å². The van der Waals surface area contributed by atoms with Gasteiger partial charge in [-0.05, 0) is 36.2 Å². The Balaban J connectivity index is 2.16. The molecule has 2 atom stereocenters. The minimum Gasteiger partial charge on any atom is -0.368 e. The van der Waals surface area contributed by atoms with Crippen molar-refractivity contribution in [1.29, 1.82) is 0 Å². The van der Waals surface area contributed by atoms with Gasteiger partial charge in [-0.15, -0.1) is 0 Å². The minimum absolute atomic E-state index is 0.431. The zero-order valence-electron chi connectivity index (χ0n) is 8.83. The molecule has 1 heterocycles. The van der Waals surface area contributed by atoms with Crippen molar-refractivity contribution in [3.8, 4) is 0 Å². The Morgan fingerprint density at radius 3 is 2.79 bits per heavy atom. The number of rotatable bonds is 0. The van der Waals surface area contributed by atoms with E-state index in [-0.39, 0.29) is 0 Å². The molecule has 0 saturated heterocycles. The molecule has 0 unspecified atom stereocenters. The van der Waals surface area contributed by atoms with E-state index < -0.39 is 0 Å². The summed E-state index contributed by atoms with van der Waals surface area (Å²) >= 11 is 0. The zero-order valence-corrected chi connectivity index (χ0v) is 8.83. The maximum atomic E-state index is 5.64. The molecular formula is C11H15N3. The van der Waals surface area contributed by atoms with Gasteiger partial charge in [-0.3, -0.25) is 0 Å². The summed E-state index contributed by atoms with van der Waals surface area (Å²) in [6, 6.07) is 0. The molecule has 0 spiro atoms. The van der Waals surface area contributed by atoms with Gasteiger partial charge in [0, 0.05) is 5.69 Å². The van der Waals surface area contributed by atoms with Crippen molar-refractivity contribution in [2.45, 2.75) is 33.1 Å². The highest BCUT2D eigenvalue weighted by Crippen LogP contribution is 2.70. The van der Waals surface area contributed by atoms with Gasteiger partial charge in [-0.2, -0.15) is 0 Å². The standard InChI is InChI=1S/C11H15N3/c1-5-8-7(14-10(12)13-5)4-6-9(8)11(6,2)3/h6,9H,4H2,1-3H3,(H2,12,13,14)/t6-,9-/m0/s1. The Kier molecular flexibility index (Phi) is 1.23. The summed E-state index contributed by atoms with van der Waals surface area (Å²) in [5.74, 6) is 1.91. The number of aromatic nitrogens is 2. The summed E-state index contributed by atoms with van der Waals surface area (Å²) < 4.78 is 0. The number of nitrogen functional groups attached to an aromatic ring is 1. The van der Waals surface area contributed by atoms with Crippen LogP contribution in [0, 0.1) is 18.3 Å². The fraction of sp³-hybridized carbons (Fsp3) is 0.636. The van der Waals surface area contributed by atoms with Gasteiger partial charge in [0.15, 0.2) is 0 Å². The number of hydrogen-bond donors (Lipinski definition) is 1. The third kappa shape index (κ3) is 0.781. The van der Waals surface area contributed by atoms with E-state index in [2.05, 4.69) is 23.8 Å². The van der Waals surface area contributed by atoms with Crippen LogP contribution in [0.2, 0.25) is 0 Å². The van der Waals surface area contributed by atoms with Crippen molar-refractivity contribution in [1.82, 2.24) is 9.97 Å². The van der Waals surface area contributed by atoms with Crippen molar-refractivity contribution in [3.05, 3.63) is 17.0 Å². The zero-order chi connectivity index (χ0) is 10.1. The van der Waals surface area contributed by atoms with Gasteiger partial charge in [0.1, 0.15) is 0 Å². The van der Waals surface area contributed by atoms with E-state index in [0.717, 1.165) is 18.0 Å². The van der Waals surface area contributed by atoms with E-state index in [9.17, 15) is 0 Å². The highest BCUT2D eigenvalue weighted by atomic mass is 15.0. The van der Waals surface area contributed by atoms with Crippen molar-refractivity contribution in [2.75, 3.05) is 5.73 Å². The van der Waals surface area contributed by atoms with Crippen LogP contribution in [0.1, 0.15) is 36.7 Å². The number of nitrogens with zero attached hydrogens (tertiary/aromatic N) is 2. The van der Waals surface area contributed by atoms with Crippen LogP contribution in [-0.2, 0) is 6.42 Å². The van der Waals surface area contributed by atoms with Crippen LogP contribution >= 0.6 is 0 Å². The van der Waals surface area contributed by atoms with Gasteiger partial charge in [-0.25, -0.2) is 9.97 Å². The summed E-state index contributed by atoms with van der Waals surface area (Å²) in [5.41, 5.74) is 9.78. The lowest BCUT2D eigenvalue weighted by atomic mass is 9.97. The molecule has 2 aliphatic rings. The first-order valence-electron chi connectivity index (χ1n) is 5.14. The molecular weight excluding hydrogens is 174 g/mol. The lowest BCUT2D eigenvalue weighted by Crippen LogP contribution is -2.08. The van der Waals surface area contributed by atoms with E-state index in [1.807, 2.05) is 6.92 Å². The van der Waals surface area contributed by atoms with E-state index in [0.29, 0.717) is 17.3 Å². The first kappa shape index (κ1) is 8.21. The first-order chi connectivity index (χ1) is 6.51. The van der Waals surface area contributed by atoms with E-state index in [1.165, 1.54) is 11.3 Å². The van der Waals surface area contributed by atoms with Crippen LogP contribution in [0.3, 0.4) is 0 Å². The minimum atomic E-state index is 0.431. The molecule has 3 nitrogen and oxygen atoms in total. The monoisotopic (exact) mass is 189 g/mol. The Labute approximate surface area is 83.8 Å². The van der Waals surface area contributed by atoms with Crippen molar-refractivity contribution in [3.63, 3.8) is 0 Å². The first-order valence-corrected chi connectivity index (χ1v) is 5.14. The highest BCUT2D eigenvalue weighted by molar-refractivity contribution is 5.46.